The van der Waals surface area contributed by atoms with Crippen molar-refractivity contribution < 1.29 is 0 Å². The van der Waals surface area contributed by atoms with E-state index in [4.69, 9.17) is 5.73 Å². The molecule has 0 radical (unpaired) electrons. The van der Waals surface area contributed by atoms with Crippen molar-refractivity contribution in [3.63, 3.8) is 0 Å². The molecule has 1 atom stereocenters. The highest BCUT2D eigenvalue weighted by Gasteiger charge is 2.27. The summed E-state index contributed by atoms with van der Waals surface area (Å²) in [5.41, 5.74) is 6.90. The van der Waals surface area contributed by atoms with E-state index < -0.39 is 0 Å². The largest absolute Gasteiger partial charge is 0.384 e. The van der Waals surface area contributed by atoms with Crippen molar-refractivity contribution in [2.45, 2.75) is 38.8 Å². The van der Waals surface area contributed by atoms with Crippen LogP contribution >= 0.6 is 0 Å². The van der Waals surface area contributed by atoms with E-state index in [1.807, 2.05) is 12.3 Å². The van der Waals surface area contributed by atoms with Crippen molar-refractivity contribution in [2.24, 2.45) is 0 Å². The van der Waals surface area contributed by atoms with Crippen LogP contribution in [0.2, 0.25) is 0 Å². The van der Waals surface area contributed by atoms with Crippen LogP contribution in [0, 0.1) is 0 Å². The molecular weight excluding hydrogens is 186 g/mol. The van der Waals surface area contributed by atoms with Crippen LogP contribution < -0.4 is 5.73 Å². The minimum absolute atomic E-state index is 0.540. The lowest BCUT2D eigenvalue weighted by Gasteiger charge is -2.28. The van der Waals surface area contributed by atoms with Gasteiger partial charge < -0.3 is 5.73 Å². The lowest BCUT2D eigenvalue weighted by atomic mass is 10.1. The first-order valence-corrected chi connectivity index (χ1v) is 5.65. The average molecular weight is 205 g/mol. The highest BCUT2D eigenvalue weighted by molar-refractivity contribution is 5.30. The topological polar surface area (TPSA) is 42.1 Å². The number of aromatic nitrogens is 1. The predicted molar refractivity (Wildman–Crippen MR) is 62.5 cm³/mol. The Kier molecular flexibility index (Phi) is 2.91. The Bertz CT molecular complexity index is 318. The molecule has 0 aromatic carbocycles. The zero-order chi connectivity index (χ0) is 10.8. The molecule has 0 unspecified atom stereocenters. The van der Waals surface area contributed by atoms with Crippen molar-refractivity contribution in [1.29, 1.82) is 0 Å². The van der Waals surface area contributed by atoms with Gasteiger partial charge in [0.15, 0.2) is 0 Å². The van der Waals surface area contributed by atoms with Crippen molar-refractivity contribution >= 4 is 5.82 Å². The van der Waals surface area contributed by atoms with Gasteiger partial charge in [0.2, 0.25) is 0 Å². The summed E-state index contributed by atoms with van der Waals surface area (Å²) in [5, 5.41) is 0. The van der Waals surface area contributed by atoms with Gasteiger partial charge in [-0.05, 0) is 44.9 Å². The normalized spacial score (nSPS) is 22.5. The van der Waals surface area contributed by atoms with Gasteiger partial charge in [0.25, 0.3) is 0 Å². The van der Waals surface area contributed by atoms with E-state index in [1.165, 1.54) is 24.9 Å². The summed E-state index contributed by atoms with van der Waals surface area (Å²) in [4.78, 5) is 6.70. The molecule has 2 N–H and O–H groups in total. The Morgan fingerprint density at radius 1 is 1.47 bits per heavy atom. The van der Waals surface area contributed by atoms with Gasteiger partial charge >= 0.3 is 0 Å². The molecule has 82 valence electrons. The van der Waals surface area contributed by atoms with E-state index in [0.29, 0.717) is 17.9 Å². The molecule has 1 aromatic heterocycles. The van der Waals surface area contributed by atoms with Crippen molar-refractivity contribution in [3.05, 3.63) is 23.9 Å². The summed E-state index contributed by atoms with van der Waals surface area (Å²) in [6.45, 7) is 5.71. The minimum atomic E-state index is 0.540. The molecule has 3 heteroatoms. The van der Waals surface area contributed by atoms with E-state index in [2.05, 4.69) is 29.8 Å². The maximum Gasteiger partial charge on any atom is 0.123 e. The summed E-state index contributed by atoms with van der Waals surface area (Å²) in [7, 11) is 0. The summed E-state index contributed by atoms with van der Waals surface area (Å²) >= 11 is 0. The smallest absolute Gasteiger partial charge is 0.123 e. The zero-order valence-electron chi connectivity index (χ0n) is 9.48. The molecule has 0 bridgehead atoms. The second-order valence-corrected chi connectivity index (χ2v) is 4.51. The van der Waals surface area contributed by atoms with Crippen LogP contribution in [0.5, 0.6) is 0 Å². The lowest BCUT2D eigenvalue weighted by molar-refractivity contribution is 0.205. The fourth-order valence-electron chi connectivity index (χ4n) is 2.38. The molecule has 0 aliphatic carbocycles. The van der Waals surface area contributed by atoms with Gasteiger partial charge in [0.1, 0.15) is 5.82 Å². The number of hydrogen-bond donors (Lipinski definition) is 1. The molecule has 0 saturated carbocycles. The Morgan fingerprint density at radius 2 is 2.27 bits per heavy atom. The van der Waals surface area contributed by atoms with E-state index in [-0.39, 0.29) is 0 Å². The predicted octanol–water partition coefficient (Wildman–Crippen LogP) is 2.21. The van der Waals surface area contributed by atoms with Gasteiger partial charge in [0, 0.05) is 18.3 Å². The standard InChI is InChI=1S/C12H19N3/c1-9(2)15-7-3-4-11(15)10-5-6-12(13)14-8-10/h5-6,8-9,11H,3-4,7H2,1-2H3,(H2,13,14)/t11-/m0/s1. The Morgan fingerprint density at radius 3 is 2.87 bits per heavy atom. The van der Waals surface area contributed by atoms with Crippen LogP contribution in [0.4, 0.5) is 5.82 Å². The monoisotopic (exact) mass is 205 g/mol. The van der Waals surface area contributed by atoms with Crippen LogP contribution in [0.1, 0.15) is 38.3 Å². The van der Waals surface area contributed by atoms with E-state index in [0.717, 1.165) is 0 Å². The van der Waals surface area contributed by atoms with Crippen LogP contribution in [0.25, 0.3) is 0 Å². The summed E-state index contributed by atoms with van der Waals surface area (Å²) in [6, 6.07) is 5.15. The molecule has 1 fully saturated rings. The van der Waals surface area contributed by atoms with E-state index >= 15 is 0 Å². The third kappa shape index (κ3) is 2.12. The fourth-order valence-corrected chi connectivity index (χ4v) is 2.38. The van der Waals surface area contributed by atoms with Gasteiger partial charge in [-0.2, -0.15) is 0 Å². The highest BCUT2D eigenvalue weighted by atomic mass is 15.2. The van der Waals surface area contributed by atoms with Gasteiger partial charge in [-0.3, -0.25) is 4.90 Å². The zero-order valence-corrected chi connectivity index (χ0v) is 9.48. The molecule has 1 aromatic rings. The molecule has 3 nitrogen and oxygen atoms in total. The molecule has 1 saturated heterocycles. The molecule has 0 amide bonds. The number of rotatable bonds is 2. The number of hydrogen-bond acceptors (Lipinski definition) is 3. The van der Waals surface area contributed by atoms with Crippen molar-refractivity contribution in [3.8, 4) is 0 Å². The fraction of sp³-hybridized carbons (Fsp3) is 0.583. The maximum atomic E-state index is 5.60. The summed E-state index contributed by atoms with van der Waals surface area (Å²) in [6.07, 6.45) is 4.44. The Balaban J connectivity index is 2.19. The Hall–Kier alpha value is -1.09. The second-order valence-electron chi connectivity index (χ2n) is 4.51. The first-order chi connectivity index (χ1) is 7.18. The first kappa shape index (κ1) is 10.4. The third-order valence-electron chi connectivity index (χ3n) is 3.15. The SMILES string of the molecule is CC(C)N1CCC[C@H]1c1ccc(N)nc1. The van der Waals surface area contributed by atoms with Crippen LogP contribution in [0.15, 0.2) is 18.3 Å². The van der Waals surface area contributed by atoms with Crippen molar-refractivity contribution in [2.75, 3.05) is 12.3 Å². The third-order valence-corrected chi connectivity index (χ3v) is 3.15. The molecular formula is C12H19N3. The summed E-state index contributed by atoms with van der Waals surface area (Å²) in [5.74, 6) is 0.604. The number of anilines is 1. The quantitative estimate of drug-likeness (QED) is 0.805. The number of nitrogen functional groups attached to an aromatic ring is 1. The highest BCUT2D eigenvalue weighted by Crippen LogP contribution is 2.33. The number of nitrogens with two attached hydrogens (primary N) is 1. The van der Waals surface area contributed by atoms with Gasteiger partial charge in [-0.15, -0.1) is 0 Å². The van der Waals surface area contributed by atoms with Gasteiger partial charge in [-0.25, -0.2) is 4.98 Å². The van der Waals surface area contributed by atoms with E-state index in [9.17, 15) is 0 Å². The molecule has 0 spiro atoms. The minimum Gasteiger partial charge on any atom is -0.384 e. The summed E-state index contributed by atoms with van der Waals surface area (Å²) < 4.78 is 0. The van der Waals surface area contributed by atoms with Crippen LogP contribution in [0.3, 0.4) is 0 Å². The van der Waals surface area contributed by atoms with Gasteiger partial charge in [-0.1, -0.05) is 6.07 Å². The van der Waals surface area contributed by atoms with E-state index in [1.54, 1.807) is 0 Å². The molecule has 2 heterocycles. The molecule has 2 rings (SSSR count). The molecule has 1 aliphatic heterocycles. The van der Waals surface area contributed by atoms with Crippen LogP contribution in [-0.2, 0) is 0 Å². The van der Waals surface area contributed by atoms with Crippen molar-refractivity contribution in [1.82, 2.24) is 9.88 Å². The number of likely N-dealkylation sites (tertiary alicyclic amines) is 1. The molecule has 1 aliphatic rings. The lowest BCUT2D eigenvalue weighted by Crippen LogP contribution is -2.30. The second kappa shape index (κ2) is 4.19. The maximum absolute atomic E-state index is 5.60. The number of nitrogens with zero attached hydrogens (tertiary/aromatic N) is 2. The number of pyridine rings is 1. The van der Waals surface area contributed by atoms with Gasteiger partial charge in [0.05, 0.1) is 0 Å². The average Bonchev–Trinajstić information content (AvgIpc) is 2.67. The molecule has 15 heavy (non-hydrogen) atoms. The van der Waals surface area contributed by atoms with Crippen LogP contribution in [-0.4, -0.2) is 22.5 Å². The first-order valence-electron chi connectivity index (χ1n) is 5.65. The Labute approximate surface area is 91.3 Å².